The third-order valence-corrected chi connectivity index (χ3v) is 5.84. The number of non-ortho nitro benzene ring substituents is 2. The van der Waals surface area contributed by atoms with Gasteiger partial charge < -0.3 is 10.6 Å². The van der Waals surface area contributed by atoms with Gasteiger partial charge in [0.15, 0.2) is 0 Å². The van der Waals surface area contributed by atoms with Gasteiger partial charge in [-0.2, -0.15) is 0 Å². The summed E-state index contributed by atoms with van der Waals surface area (Å²) in [7, 11) is 0. The van der Waals surface area contributed by atoms with Crippen LogP contribution in [0.1, 0.15) is 46.4 Å². The fraction of sp³-hybridized carbons (Fsp3) is 0.300. The Kier molecular flexibility index (Phi) is 7.26. The van der Waals surface area contributed by atoms with Gasteiger partial charge in [0.2, 0.25) is 0 Å². The van der Waals surface area contributed by atoms with Crippen molar-refractivity contribution < 1.29 is 19.4 Å². The maximum atomic E-state index is 12.5. The zero-order valence-electron chi connectivity index (χ0n) is 16.5. The summed E-state index contributed by atoms with van der Waals surface area (Å²) >= 11 is 12.0. The number of hydrogen-bond donors (Lipinski definition) is 2. The molecule has 32 heavy (non-hydrogen) atoms. The largest absolute Gasteiger partial charge is 0.349 e. The number of benzene rings is 2. The summed E-state index contributed by atoms with van der Waals surface area (Å²) < 4.78 is 0. The normalized spacial score (nSPS) is 17.9. The Morgan fingerprint density at radius 3 is 1.38 bits per heavy atom. The predicted molar refractivity (Wildman–Crippen MR) is 117 cm³/mol. The maximum absolute atomic E-state index is 12.5. The van der Waals surface area contributed by atoms with E-state index in [0.29, 0.717) is 25.7 Å². The minimum Gasteiger partial charge on any atom is -0.349 e. The molecule has 0 aliphatic heterocycles. The fourth-order valence-electron chi connectivity index (χ4n) is 3.51. The van der Waals surface area contributed by atoms with Crippen molar-refractivity contribution >= 4 is 46.4 Å². The SMILES string of the molecule is O=C(NC1CCC(NC(=O)c2ccc([N+](=O)[O-])cc2Cl)CC1)c1ccc([N+](=O)[O-])cc1Cl. The molecule has 168 valence electrons. The first-order valence-electron chi connectivity index (χ1n) is 9.65. The second-order valence-electron chi connectivity index (χ2n) is 7.34. The molecule has 2 aromatic carbocycles. The summed E-state index contributed by atoms with van der Waals surface area (Å²) in [6.45, 7) is 0. The van der Waals surface area contributed by atoms with Crippen LogP contribution in [0.4, 0.5) is 11.4 Å². The molecule has 0 bridgehead atoms. The van der Waals surface area contributed by atoms with Gasteiger partial charge >= 0.3 is 0 Å². The van der Waals surface area contributed by atoms with Crippen LogP contribution >= 0.6 is 23.2 Å². The van der Waals surface area contributed by atoms with Gasteiger partial charge in [0.05, 0.1) is 31.0 Å². The number of nitrogens with zero attached hydrogens (tertiary/aromatic N) is 2. The van der Waals surface area contributed by atoms with Crippen LogP contribution in [0.5, 0.6) is 0 Å². The van der Waals surface area contributed by atoms with Crippen LogP contribution in [-0.4, -0.2) is 33.7 Å². The zero-order chi connectivity index (χ0) is 23.4. The number of hydrogen-bond acceptors (Lipinski definition) is 6. The van der Waals surface area contributed by atoms with E-state index < -0.39 is 21.7 Å². The lowest BCUT2D eigenvalue weighted by molar-refractivity contribution is -0.385. The number of carbonyl (C=O) groups excluding carboxylic acids is 2. The maximum Gasteiger partial charge on any atom is 0.270 e. The lowest BCUT2D eigenvalue weighted by Crippen LogP contribution is -2.43. The van der Waals surface area contributed by atoms with Gasteiger partial charge in [0.25, 0.3) is 23.2 Å². The second kappa shape index (κ2) is 9.92. The third-order valence-electron chi connectivity index (χ3n) is 5.21. The van der Waals surface area contributed by atoms with Gasteiger partial charge in [-0.15, -0.1) is 0 Å². The highest BCUT2D eigenvalue weighted by Gasteiger charge is 2.26. The Balaban J connectivity index is 1.53. The smallest absolute Gasteiger partial charge is 0.270 e. The molecule has 2 amide bonds. The first-order chi connectivity index (χ1) is 15.2. The van der Waals surface area contributed by atoms with E-state index in [2.05, 4.69) is 10.6 Å². The average molecular weight is 481 g/mol. The minimum absolute atomic E-state index is 0.00220. The van der Waals surface area contributed by atoms with E-state index in [9.17, 15) is 29.8 Å². The van der Waals surface area contributed by atoms with Crippen molar-refractivity contribution in [1.29, 1.82) is 0 Å². The summed E-state index contributed by atoms with van der Waals surface area (Å²) in [5, 5.41) is 27.3. The molecule has 2 N–H and O–H groups in total. The van der Waals surface area contributed by atoms with E-state index in [-0.39, 0.29) is 44.6 Å². The van der Waals surface area contributed by atoms with E-state index in [1.54, 1.807) is 0 Å². The van der Waals surface area contributed by atoms with E-state index in [1.165, 1.54) is 24.3 Å². The average Bonchev–Trinajstić information content (AvgIpc) is 2.74. The number of nitrogens with one attached hydrogen (secondary N) is 2. The highest BCUT2D eigenvalue weighted by atomic mass is 35.5. The monoisotopic (exact) mass is 480 g/mol. The van der Waals surface area contributed by atoms with Crippen LogP contribution < -0.4 is 10.6 Å². The molecule has 0 unspecified atom stereocenters. The summed E-state index contributed by atoms with van der Waals surface area (Å²) in [4.78, 5) is 45.4. The number of amides is 2. The lowest BCUT2D eigenvalue weighted by atomic mass is 9.90. The lowest BCUT2D eigenvalue weighted by Gasteiger charge is -2.29. The van der Waals surface area contributed by atoms with Crippen molar-refractivity contribution in [3.63, 3.8) is 0 Å². The Labute approximate surface area is 192 Å². The van der Waals surface area contributed by atoms with Crippen LogP contribution in [0.15, 0.2) is 36.4 Å². The molecule has 3 rings (SSSR count). The second-order valence-corrected chi connectivity index (χ2v) is 8.15. The van der Waals surface area contributed by atoms with Crippen LogP contribution in [0.3, 0.4) is 0 Å². The number of carbonyl (C=O) groups is 2. The zero-order valence-corrected chi connectivity index (χ0v) is 18.1. The fourth-order valence-corrected chi connectivity index (χ4v) is 4.03. The number of rotatable bonds is 6. The van der Waals surface area contributed by atoms with Crippen molar-refractivity contribution in [1.82, 2.24) is 10.6 Å². The Bertz CT molecular complexity index is 1000. The molecule has 0 atom stereocenters. The first-order valence-corrected chi connectivity index (χ1v) is 10.4. The number of halogens is 2. The molecule has 10 nitrogen and oxygen atoms in total. The molecule has 0 spiro atoms. The molecule has 1 fully saturated rings. The van der Waals surface area contributed by atoms with Crippen molar-refractivity contribution in [3.8, 4) is 0 Å². The van der Waals surface area contributed by atoms with Crippen LogP contribution in [-0.2, 0) is 0 Å². The molecule has 0 heterocycles. The van der Waals surface area contributed by atoms with Crippen LogP contribution in [0.2, 0.25) is 10.0 Å². The highest BCUT2D eigenvalue weighted by molar-refractivity contribution is 6.34. The molecule has 0 aromatic heterocycles. The van der Waals surface area contributed by atoms with Gasteiger partial charge in [0, 0.05) is 36.3 Å². The Hall–Kier alpha value is -3.24. The number of nitro benzene ring substituents is 2. The van der Waals surface area contributed by atoms with E-state index >= 15 is 0 Å². The quantitative estimate of drug-likeness (QED) is 0.466. The Morgan fingerprint density at radius 1 is 0.750 bits per heavy atom. The summed E-state index contributed by atoms with van der Waals surface area (Å²) in [6.07, 6.45) is 2.43. The third kappa shape index (κ3) is 5.51. The molecule has 0 radical (unpaired) electrons. The van der Waals surface area contributed by atoms with E-state index in [0.717, 1.165) is 12.1 Å². The van der Waals surface area contributed by atoms with Crippen molar-refractivity contribution in [2.45, 2.75) is 37.8 Å². The van der Waals surface area contributed by atoms with Gasteiger partial charge in [-0.05, 0) is 37.8 Å². The van der Waals surface area contributed by atoms with Gasteiger partial charge in [-0.1, -0.05) is 23.2 Å². The topological polar surface area (TPSA) is 144 Å². The molecular weight excluding hydrogens is 463 g/mol. The van der Waals surface area contributed by atoms with Gasteiger partial charge in [-0.3, -0.25) is 29.8 Å². The highest BCUT2D eigenvalue weighted by Crippen LogP contribution is 2.26. The summed E-state index contributed by atoms with van der Waals surface area (Å²) in [6, 6.07) is 7.06. The summed E-state index contributed by atoms with van der Waals surface area (Å²) in [5.74, 6) is -0.843. The molecule has 1 aliphatic carbocycles. The Morgan fingerprint density at radius 2 is 1.09 bits per heavy atom. The van der Waals surface area contributed by atoms with E-state index in [4.69, 9.17) is 23.2 Å². The van der Waals surface area contributed by atoms with Crippen molar-refractivity contribution in [2.24, 2.45) is 0 Å². The predicted octanol–water partition coefficient (Wildman–Crippen LogP) is 4.28. The molecule has 12 heteroatoms. The molecule has 1 saturated carbocycles. The van der Waals surface area contributed by atoms with Gasteiger partial charge in [-0.25, -0.2) is 0 Å². The minimum atomic E-state index is -0.590. The summed E-state index contributed by atoms with van der Waals surface area (Å²) in [5.41, 5.74) is -0.0899. The van der Waals surface area contributed by atoms with Crippen molar-refractivity contribution in [3.05, 3.63) is 77.8 Å². The number of nitro groups is 2. The van der Waals surface area contributed by atoms with Crippen LogP contribution in [0, 0.1) is 20.2 Å². The molecule has 2 aromatic rings. The van der Waals surface area contributed by atoms with Crippen LogP contribution in [0.25, 0.3) is 0 Å². The van der Waals surface area contributed by atoms with E-state index in [1.807, 2.05) is 0 Å². The first kappa shape index (κ1) is 23.4. The molecule has 1 aliphatic rings. The van der Waals surface area contributed by atoms with Gasteiger partial charge in [0.1, 0.15) is 0 Å². The molecular formula is C20H18Cl2N4O6. The standard InChI is InChI=1S/C20H18Cl2N4O6/c21-17-9-13(25(29)30)5-7-15(17)19(27)23-11-1-2-12(4-3-11)24-20(28)16-8-6-14(26(31)32)10-18(16)22/h5-12H,1-4H2,(H,23,27)(H,24,28). The molecule has 0 saturated heterocycles. The van der Waals surface area contributed by atoms with Crippen molar-refractivity contribution in [2.75, 3.05) is 0 Å².